The van der Waals surface area contributed by atoms with E-state index in [0.29, 0.717) is 6.04 Å². The second-order valence-electron chi connectivity index (χ2n) is 5.80. The Balaban J connectivity index is 1.62. The van der Waals surface area contributed by atoms with E-state index in [0.717, 1.165) is 50.7 Å². The minimum atomic E-state index is 0.271. The summed E-state index contributed by atoms with van der Waals surface area (Å²) in [6.45, 7) is 4.37. The van der Waals surface area contributed by atoms with E-state index in [1.165, 1.54) is 6.42 Å². The van der Waals surface area contributed by atoms with Crippen LogP contribution < -0.4 is 5.32 Å². The third-order valence-electron chi connectivity index (χ3n) is 4.24. The Morgan fingerprint density at radius 3 is 3.05 bits per heavy atom. The van der Waals surface area contributed by atoms with E-state index < -0.39 is 0 Å². The van der Waals surface area contributed by atoms with Crippen molar-refractivity contribution < 1.29 is 4.52 Å². The molecule has 0 radical (unpaired) electrons. The van der Waals surface area contributed by atoms with E-state index in [1.54, 1.807) is 0 Å². The van der Waals surface area contributed by atoms with Crippen LogP contribution in [0.4, 0.5) is 0 Å². The maximum Gasteiger partial charge on any atom is 0.243 e. The molecule has 1 N–H and O–H groups in total. The average Bonchev–Trinajstić information content (AvgIpc) is 3.04. The number of nitrogens with zero attached hydrogens (tertiary/aromatic N) is 4. The van der Waals surface area contributed by atoms with Crippen LogP contribution in [0.15, 0.2) is 4.52 Å². The number of rotatable bonds is 3. The van der Waals surface area contributed by atoms with Crippen LogP contribution >= 0.6 is 0 Å². The molecule has 6 nitrogen and oxygen atoms in total. The van der Waals surface area contributed by atoms with Gasteiger partial charge in [0, 0.05) is 32.1 Å². The summed E-state index contributed by atoms with van der Waals surface area (Å²) in [4.78, 5) is 9.32. The summed E-state index contributed by atoms with van der Waals surface area (Å²) in [6.07, 6.45) is 3.17. The van der Waals surface area contributed by atoms with E-state index in [2.05, 4.69) is 39.4 Å². The zero-order valence-corrected chi connectivity index (χ0v) is 11.8. The third-order valence-corrected chi connectivity index (χ3v) is 4.24. The number of hydrogen-bond donors (Lipinski definition) is 1. The van der Waals surface area contributed by atoms with E-state index in [4.69, 9.17) is 4.52 Å². The Kier molecular flexibility index (Phi) is 3.81. The van der Waals surface area contributed by atoms with Crippen molar-refractivity contribution >= 4 is 0 Å². The molecule has 0 spiro atoms. The summed E-state index contributed by atoms with van der Waals surface area (Å²) in [7, 11) is 4.35. The minimum absolute atomic E-state index is 0.271. The van der Waals surface area contributed by atoms with Gasteiger partial charge in [-0.25, -0.2) is 0 Å². The monoisotopic (exact) mass is 265 g/mol. The van der Waals surface area contributed by atoms with Crippen molar-refractivity contribution in [3.8, 4) is 0 Å². The molecule has 19 heavy (non-hydrogen) atoms. The molecule has 0 amide bonds. The minimum Gasteiger partial charge on any atom is -0.338 e. The lowest BCUT2D eigenvalue weighted by Gasteiger charge is -2.37. The molecule has 2 aliphatic heterocycles. The van der Waals surface area contributed by atoms with Crippen LogP contribution in [-0.4, -0.2) is 66.3 Å². The molecule has 2 fully saturated rings. The molecular weight excluding hydrogens is 242 g/mol. The maximum absolute atomic E-state index is 5.40. The Hall–Kier alpha value is -0.980. The smallest absolute Gasteiger partial charge is 0.243 e. The van der Waals surface area contributed by atoms with E-state index in [9.17, 15) is 0 Å². The summed E-state index contributed by atoms with van der Waals surface area (Å²) in [5, 5.41) is 7.53. The first kappa shape index (κ1) is 13.0. The lowest BCUT2D eigenvalue weighted by atomic mass is 10.1. The fraction of sp³-hybridized carbons (Fsp3) is 0.846. The van der Waals surface area contributed by atoms with Gasteiger partial charge in [0.1, 0.15) is 0 Å². The van der Waals surface area contributed by atoms with Gasteiger partial charge in [-0.2, -0.15) is 4.98 Å². The summed E-state index contributed by atoms with van der Waals surface area (Å²) in [5.41, 5.74) is 0. The van der Waals surface area contributed by atoms with Gasteiger partial charge in [0.15, 0.2) is 5.82 Å². The molecule has 6 heteroatoms. The molecule has 106 valence electrons. The third kappa shape index (κ3) is 2.96. The lowest BCUT2D eigenvalue weighted by Crippen LogP contribution is -2.50. The van der Waals surface area contributed by atoms with Crippen molar-refractivity contribution in [1.29, 1.82) is 0 Å². The number of likely N-dealkylation sites (N-methyl/N-ethyl adjacent to an activating group) is 2. The highest BCUT2D eigenvalue weighted by Gasteiger charge is 2.26. The molecule has 3 heterocycles. The molecule has 3 rings (SSSR count). The van der Waals surface area contributed by atoms with E-state index >= 15 is 0 Å². The summed E-state index contributed by atoms with van der Waals surface area (Å²) in [6, 6.07) is 0.758. The molecule has 2 saturated heterocycles. The van der Waals surface area contributed by atoms with Crippen LogP contribution in [0, 0.1) is 0 Å². The van der Waals surface area contributed by atoms with Gasteiger partial charge in [-0.05, 0) is 33.5 Å². The molecule has 0 saturated carbocycles. The molecule has 1 aromatic rings. The van der Waals surface area contributed by atoms with Gasteiger partial charge in [-0.1, -0.05) is 5.16 Å². The highest BCUT2D eigenvalue weighted by atomic mass is 16.5. The number of aromatic nitrogens is 2. The van der Waals surface area contributed by atoms with E-state index in [1.807, 2.05) is 0 Å². The normalized spacial score (nSPS) is 30.0. The van der Waals surface area contributed by atoms with Crippen LogP contribution in [0.1, 0.15) is 30.6 Å². The molecular formula is C13H23N5O. The Labute approximate surface area is 114 Å². The largest absolute Gasteiger partial charge is 0.338 e. The van der Waals surface area contributed by atoms with Gasteiger partial charge < -0.3 is 19.6 Å². The quantitative estimate of drug-likeness (QED) is 0.847. The lowest BCUT2D eigenvalue weighted by molar-refractivity contribution is 0.113. The molecule has 2 aliphatic rings. The zero-order chi connectivity index (χ0) is 13.2. The highest BCUT2D eigenvalue weighted by Crippen LogP contribution is 2.21. The Bertz CT molecular complexity index is 415. The van der Waals surface area contributed by atoms with Crippen molar-refractivity contribution in [2.75, 3.05) is 40.3 Å². The van der Waals surface area contributed by atoms with Crippen LogP contribution in [-0.2, 0) is 6.42 Å². The highest BCUT2D eigenvalue weighted by molar-refractivity contribution is 4.98. The second kappa shape index (κ2) is 5.56. The summed E-state index contributed by atoms with van der Waals surface area (Å²) >= 11 is 0. The molecule has 0 aliphatic carbocycles. The topological polar surface area (TPSA) is 57.4 Å². The van der Waals surface area contributed by atoms with Gasteiger partial charge in [0.05, 0.1) is 6.04 Å². The number of hydrogen-bond acceptors (Lipinski definition) is 6. The Morgan fingerprint density at radius 2 is 2.26 bits per heavy atom. The maximum atomic E-state index is 5.40. The first-order valence-corrected chi connectivity index (χ1v) is 7.17. The Morgan fingerprint density at radius 1 is 1.37 bits per heavy atom. The fourth-order valence-corrected chi connectivity index (χ4v) is 2.92. The van der Waals surface area contributed by atoms with Crippen molar-refractivity contribution in [2.45, 2.75) is 31.3 Å². The second-order valence-corrected chi connectivity index (χ2v) is 5.80. The molecule has 2 atom stereocenters. The summed E-state index contributed by atoms with van der Waals surface area (Å²) < 4.78 is 5.40. The number of piperazine rings is 1. The van der Waals surface area contributed by atoms with Gasteiger partial charge in [-0.3, -0.25) is 0 Å². The van der Waals surface area contributed by atoms with E-state index in [-0.39, 0.29) is 6.04 Å². The molecule has 1 aromatic heterocycles. The fourth-order valence-electron chi connectivity index (χ4n) is 2.92. The van der Waals surface area contributed by atoms with Crippen molar-refractivity contribution in [2.24, 2.45) is 0 Å². The SMILES string of the molecule is CN1CCN(C)C(Cc2noc([C@@H]3CCCN3)n2)C1. The van der Waals surface area contributed by atoms with Crippen LogP contribution in [0.3, 0.4) is 0 Å². The average molecular weight is 265 g/mol. The molecule has 0 bridgehead atoms. The predicted molar refractivity (Wildman–Crippen MR) is 71.9 cm³/mol. The van der Waals surface area contributed by atoms with Gasteiger partial charge in [-0.15, -0.1) is 0 Å². The van der Waals surface area contributed by atoms with Crippen LogP contribution in [0.25, 0.3) is 0 Å². The van der Waals surface area contributed by atoms with Gasteiger partial charge in [0.25, 0.3) is 0 Å². The number of nitrogens with one attached hydrogen (secondary N) is 1. The van der Waals surface area contributed by atoms with Gasteiger partial charge in [0.2, 0.25) is 5.89 Å². The molecule has 0 aromatic carbocycles. The van der Waals surface area contributed by atoms with Crippen LogP contribution in [0.2, 0.25) is 0 Å². The first-order chi connectivity index (χ1) is 9.22. The first-order valence-electron chi connectivity index (χ1n) is 7.17. The zero-order valence-electron chi connectivity index (χ0n) is 11.8. The van der Waals surface area contributed by atoms with Crippen LogP contribution in [0.5, 0.6) is 0 Å². The predicted octanol–water partition coefficient (Wildman–Crippen LogP) is 0.282. The standard InChI is InChI=1S/C13H23N5O/c1-17-6-7-18(2)10(9-17)8-12-15-13(19-16-12)11-4-3-5-14-11/h10-11,14H,3-9H2,1-2H3/t10?,11-/m0/s1. The van der Waals surface area contributed by atoms with Crippen molar-refractivity contribution in [1.82, 2.24) is 25.3 Å². The van der Waals surface area contributed by atoms with Gasteiger partial charge >= 0.3 is 0 Å². The van der Waals surface area contributed by atoms with Crippen molar-refractivity contribution in [3.63, 3.8) is 0 Å². The van der Waals surface area contributed by atoms with Crippen molar-refractivity contribution in [3.05, 3.63) is 11.7 Å². The summed E-state index contributed by atoms with van der Waals surface area (Å²) in [5.74, 6) is 1.61. The molecule has 1 unspecified atom stereocenters.